The highest BCUT2D eigenvalue weighted by atomic mass is 16.5. The van der Waals surface area contributed by atoms with Gasteiger partial charge < -0.3 is 4.74 Å². The molecule has 0 N–H and O–H groups in total. The molecule has 0 aliphatic heterocycles. The molecular weight excluding hydrogens is 272 g/mol. The monoisotopic (exact) mass is 304 g/mol. The summed E-state index contributed by atoms with van der Waals surface area (Å²) in [5.41, 5.74) is 0.754. The average molecular weight is 304 g/mol. The fourth-order valence-electron chi connectivity index (χ4n) is 7.19. The molecule has 0 aromatic rings. The Morgan fingerprint density at radius 3 is 2.55 bits per heavy atom. The van der Waals surface area contributed by atoms with Gasteiger partial charge in [0.25, 0.3) is 0 Å². The Morgan fingerprint density at radius 2 is 1.77 bits per heavy atom. The molecule has 0 radical (unpaired) electrons. The highest BCUT2D eigenvalue weighted by Gasteiger charge is 2.61. The zero-order chi connectivity index (χ0) is 15.5. The molecule has 4 fully saturated rings. The van der Waals surface area contributed by atoms with E-state index in [1.54, 1.807) is 0 Å². The molecule has 0 aromatic carbocycles. The molecule has 0 heterocycles. The predicted octanol–water partition coefficient (Wildman–Crippen LogP) is 4.61. The lowest BCUT2D eigenvalue weighted by Gasteiger charge is -2.60. The van der Waals surface area contributed by atoms with Gasteiger partial charge >= 0.3 is 0 Å². The van der Waals surface area contributed by atoms with Crippen LogP contribution in [0.15, 0.2) is 0 Å². The fraction of sp³-hybridized carbons (Fsp3) is 0.950. The molecule has 0 unspecified atom stereocenters. The summed E-state index contributed by atoms with van der Waals surface area (Å²) < 4.78 is 5.66. The van der Waals surface area contributed by atoms with E-state index >= 15 is 0 Å². The second kappa shape index (κ2) is 5.06. The number of carbonyl (C=O) groups is 1. The van der Waals surface area contributed by atoms with Crippen molar-refractivity contribution < 1.29 is 9.53 Å². The van der Waals surface area contributed by atoms with Crippen LogP contribution >= 0.6 is 0 Å². The van der Waals surface area contributed by atoms with Crippen molar-refractivity contribution in [1.82, 2.24) is 0 Å². The summed E-state index contributed by atoms with van der Waals surface area (Å²) >= 11 is 0. The molecule has 4 aliphatic carbocycles. The van der Waals surface area contributed by atoms with Crippen molar-refractivity contribution in [2.75, 3.05) is 7.11 Å². The third kappa shape index (κ3) is 1.98. The maximum absolute atomic E-state index is 12.6. The van der Waals surface area contributed by atoms with Gasteiger partial charge in [-0.05, 0) is 80.0 Å². The molecule has 0 spiro atoms. The van der Waals surface area contributed by atoms with Crippen molar-refractivity contribution in [3.05, 3.63) is 0 Å². The van der Waals surface area contributed by atoms with Crippen LogP contribution in [-0.2, 0) is 9.53 Å². The third-order valence-electron chi connectivity index (χ3n) is 8.49. The van der Waals surface area contributed by atoms with E-state index in [1.807, 2.05) is 7.11 Å². The summed E-state index contributed by atoms with van der Waals surface area (Å²) in [6, 6.07) is 0. The van der Waals surface area contributed by atoms with Gasteiger partial charge in [-0.2, -0.15) is 0 Å². The number of hydrogen-bond donors (Lipinski definition) is 0. The Labute approximate surface area is 135 Å². The van der Waals surface area contributed by atoms with E-state index in [2.05, 4.69) is 13.8 Å². The summed E-state index contributed by atoms with van der Waals surface area (Å²) in [4.78, 5) is 12.6. The molecule has 0 amide bonds. The third-order valence-corrected chi connectivity index (χ3v) is 8.49. The summed E-state index contributed by atoms with van der Waals surface area (Å²) in [5.74, 6) is 3.34. The number of rotatable bonds is 1. The summed E-state index contributed by atoms with van der Waals surface area (Å²) in [5, 5.41) is 0. The molecule has 2 nitrogen and oxygen atoms in total. The van der Waals surface area contributed by atoms with Gasteiger partial charge in [-0.3, -0.25) is 4.79 Å². The fourth-order valence-corrected chi connectivity index (χ4v) is 7.19. The second-order valence-electron chi connectivity index (χ2n) is 9.33. The number of ether oxygens (including phenoxy) is 1. The van der Waals surface area contributed by atoms with Crippen molar-refractivity contribution in [3.63, 3.8) is 0 Å². The molecule has 4 aliphatic rings. The Morgan fingerprint density at radius 1 is 1.00 bits per heavy atom. The summed E-state index contributed by atoms with van der Waals surface area (Å²) in [6.07, 6.45) is 11.6. The van der Waals surface area contributed by atoms with Crippen LogP contribution in [0.4, 0.5) is 0 Å². The first-order valence-corrected chi connectivity index (χ1v) is 9.53. The van der Waals surface area contributed by atoms with E-state index in [9.17, 15) is 4.79 Å². The smallest absolute Gasteiger partial charge is 0.136 e. The van der Waals surface area contributed by atoms with E-state index in [0.29, 0.717) is 34.6 Å². The minimum atomic E-state index is 0.331. The Balaban J connectivity index is 1.63. The molecular formula is C20H32O2. The highest BCUT2D eigenvalue weighted by molar-refractivity contribution is 5.84. The van der Waals surface area contributed by atoms with Crippen molar-refractivity contribution in [1.29, 1.82) is 0 Å². The number of methoxy groups -OCH3 is 1. The largest absolute Gasteiger partial charge is 0.381 e. The van der Waals surface area contributed by atoms with E-state index < -0.39 is 0 Å². The Bertz CT molecular complexity index is 472. The van der Waals surface area contributed by atoms with Crippen LogP contribution in [0.2, 0.25) is 0 Å². The van der Waals surface area contributed by atoms with Gasteiger partial charge in [-0.25, -0.2) is 0 Å². The number of carbonyl (C=O) groups excluding carboxylic acids is 1. The minimum Gasteiger partial charge on any atom is -0.381 e. The summed E-state index contributed by atoms with van der Waals surface area (Å²) in [6.45, 7) is 4.96. The van der Waals surface area contributed by atoms with Gasteiger partial charge in [0.05, 0.1) is 6.10 Å². The molecule has 124 valence electrons. The van der Waals surface area contributed by atoms with E-state index in [4.69, 9.17) is 4.74 Å². The molecule has 0 bridgehead atoms. The quantitative estimate of drug-likeness (QED) is 0.707. The molecule has 7 atom stereocenters. The van der Waals surface area contributed by atoms with Crippen LogP contribution in [-0.4, -0.2) is 19.0 Å². The maximum Gasteiger partial charge on any atom is 0.136 e. The van der Waals surface area contributed by atoms with Crippen LogP contribution < -0.4 is 0 Å². The normalized spacial score (nSPS) is 54.5. The first kappa shape index (κ1) is 15.2. The molecule has 2 heteroatoms. The van der Waals surface area contributed by atoms with Gasteiger partial charge in [-0.15, -0.1) is 0 Å². The topological polar surface area (TPSA) is 26.3 Å². The second-order valence-corrected chi connectivity index (χ2v) is 9.33. The zero-order valence-corrected chi connectivity index (χ0v) is 14.6. The molecule has 4 rings (SSSR count). The first-order valence-electron chi connectivity index (χ1n) is 9.53. The SMILES string of the molecule is CO[C@@H]1CC[C@H]2[C@@H](CC[C@H]3[C@H]4C(=O)CC[C@@]4(C)CC[C@]23C)C1. The van der Waals surface area contributed by atoms with Crippen molar-refractivity contribution in [2.24, 2.45) is 34.5 Å². The van der Waals surface area contributed by atoms with E-state index in [-0.39, 0.29) is 0 Å². The van der Waals surface area contributed by atoms with Crippen LogP contribution in [0, 0.1) is 34.5 Å². The van der Waals surface area contributed by atoms with E-state index in [1.165, 1.54) is 44.9 Å². The van der Waals surface area contributed by atoms with Crippen LogP contribution in [0.5, 0.6) is 0 Å². The van der Waals surface area contributed by atoms with Crippen molar-refractivity contribution >= 4 is 5.78 Å². The summed E-state index contributed by atoms with van der Waals surface area (Å²) in [7, 11) is 1.88. The number of ketones is 1. The minimum absolute atomic E-state index is 0.331. The lowest BCUT2D eigenvalue weighted by molar-refractivity contribution is -0.149. The van der Waals surface area contributed by atoms with Crippen molar-refractivity contribution in [2.45, 2.75) is 77.7 Å². The number of hydrogen-bond acceptors (Lipinski definition) is 2. The molecule has 0 aromatic heterocycles. The predicted molar refractivity (Wildman–Crippen MR) is 87.5 cm³/mol. The van der Waals surface area contributed by atoms with Gasteiger partial charge in [0.1, 0.15) is 5.78 Å². The highest BCUT2D eigenvalue weighted by Crippen LogP contribution is 2.66. The van der Waals surface area contributed by atoms with Gasteiger partial charge in [0.2, 0.25) is 0 Å². The van der Waals surface area contributed by atoms with Crippen LogP contribution in [0.25, 0.3) is 0 Å². The standard InChI is InChI=1S/C20H32O2/c1-19-9-8-17(21)18(19)16-6-4-13-12-14(22-3)5-7-15(13)20(16,2)11-10-19/h13-16,18H,4-12H2,1-3H3/t13-,14+,15-,16-,18-,19-,20+/m0/s1. The van der Waals surface area contributed by atoms with Gasteiger partial charge in [0, 0.05) is 19.4 Å². The van der Waals surface area contributed by atoms with E-state index in [0.717, 1.165) is 24.7 Å². The maximum atomic E-state index is 12.6. The lowest BCUT2D eigenvalue weighted by Crippen LogP contribution is -2.55. The van der Waals surface area contributed by atoms with Crippen molar-refractivity contribution in [3.8, 4) is 0 Å². The van der Waals surface area contributed by atoms with Crippen LogP contribution in [0.3, 0.4) is 0 Å². The Hall–Kier alpha value is -0.370. The zero-order valence-electron chi connectivity index (χ0n) is 14.6. The molecule has 0 saturated heterocycles. The first-order chi connectivity index (χ1) is 10.5. The van der Waals surface area contributed by atoms with Gasteiger partial charge in [-0.1, -0.05) is 13.8 Å². The van der Waals surface area contributed by atoms with Gasteiger partial charge in [0.15, 0.2) is 0 Å². The average Bonchev–Trinajstić information content (AvgIpc) is 2.83. The number of fused-ring (bicyclic) bond motifs is 5. The molecule has 4 saturated carbocycles. The van der Waals surface area contributed by atoms with Crippen LogP contribution in [0.1, 0.15) is 71.6 Å². The molecule has 22 heavy (non-hydrogen) atoms. The number of Topliss-reactive ketones (excluding diaryl/α,β-unsaturated/α-hetero) is 1. The lowest BCUT2D eigenvalue weighted by atomic mass is 9.44. The Kier molecular flexibility index (Phi) is 3.49.